The van der Waals surface area contributed by atoms with Crippen molar-refractivity contribution in [1.82, 2.24) is 19.1 Å². The molecule has 0 unspecified atom stereocenters. The van der Waals surface area contributed by atoms with Gasteiger partial charge in [-0.2, -0.15) is 0 Å². The van der Waals surface area contributed by atoms with Gasteiger partial charge in [-0.25, -0.2) is 9.97 Å². The molecule has 0 atom stereocenters. The summed E-state index contributed by atoms with van der Waals surface area (Å²) in [6.45, 7) is 0.733. The van der Waals surface area contributed by atoms with Crippen LogP contribution in [0.3, 0.4) is 0 Å². The van der Waals surface area contributed by atoms with Crippen molar-refractivity contribution in [1.29, 1.82) is 0 Å². The Kier molecular flexibility index (Phi) is 2.77. The zero-order valence-electron chi connectivity index (χ0n) is 11.7. The molecular formula is C16H17N5. The van der Waals surface area contributed by atoms with Crippen LogP contribution in [0.25, 0.3) is 11.4 Å². The van der Waals surface area contributed by atoms with E-state index in [1.165, 1.54) is 18.4 Å². The summed E-state index contributed by atoms with van der Waals surface area (Å²) in [5, 5.41) is 0. The van der Waals surface area contributed by atoms with Crippen LogP contribution in [-0.4, -0.2) is 19.1 Å². The third-order valence-corrected chi connectivity index (χ3v) is 3.92. The van der Waals surface area contributed by atoms with E-state index in [0.717, 1.165) is 17.9 Å². The van der Waals surface area contributed by atoms with E-state index in [1.54, 1.807) is 0 Å². The van der Waals surface area contributed by atoms with Crippen LogP contribution >= 0.6 is 0 Å². The molecule has 106 valence electrons. The summed E-state index contributed by atoms with van der Waals surface area (Å²) in [5.74, 6) is 0.696. The Hall–Kier alpha value is -2.56. The molecule has 2 heterocycles. The van der Waals surface area contributed by atoms with E-state index in [0.29, 0.717) is 11.9 Å². The molecular weight excluding hydrogens is 262 g/mol. The highest BCUT2D eigenvalue weighted by atomic mass is 15.2. The van der Waals surface area contributed by atoms with Gasteiger partial charge in [-0.3, -0.25) is 0 Å². The quantitative estimate of drug-likeness (QED) is 0.798. The lowest BCUT2D eigenvalue weighted by molar-refractivity contribution is 0.746. The Morgan fingerprint density at radius 1 is 1.14 bits per heavy atom. The largest absolute Gasteiger partial charge is 0.383 e. The van der Waals surface area contributed by atoms with Gasteiger partial charge in [0.1, 0.15) is 11.5 Å². The first-order valence-electron chi connectivity index (χ1n) is 7.19. The molecule has 5 nitrogen and oxygen atoms in total. The van der Waals surface area contributed by atoms with Gasteiger partial charge in [0.05, 0.1) is 31.1 Å². The first-order valence-corrected chi connectivity index (χ1v) is 7.19. The molecule has 5 heteroatoms. The minimum absolute atomic E-state index is 0.571. The van der Waals surface area contributed by atoms with E-state index in [4.69, 9.17) is 5.73 Å². The molecule has 1 aromatic carbocycles. The average molecular weight is 279 g/mol. The Morgan fingerprint density at radius 2 is 1.95 bits per heavy atom. The molecule has 0 aliphatic heterocycles. The number of anilines is 1. The molecule has 0 amide bonds. The van der Waals surface area contributed by atoms with Crippen molar-refractivity contribution in [3.8, 4) is 11.4 Å². The highest BCUT2D eigenvalue weighted by Crippen LogP contribution is 2.38. The third-order valence-electron chi connectivity index (χ3n) is 3.92. The number of rotatable bonds is 4. The Morgan fingerprint density at radius 3 is 2.71 bits per heavy atom. The first kappa shape index (κ1) is 12.2. The van der Waals surface area contributed by atoms with Crippen molar-refractivity contribution in [3.05, 3.63) is 54.7 Å². The van der Waals surface area contributed by atoms with Gasteiger partial charge in [-0.1, -0.05) is 30.3 Å². The minimum atomic E-state index is 0.571. The lowest BCUT2D eigenvalue weighted by Gasteiger charge is -2.07. The monoisotopic (exact) mass is 279 g/mol. The molecule has 1 aliphatic carbocycles. The van der Waals surface area contributed by atoms with Crippen LogP contribution in [0.15, 0.2) is 49.2 Å². The lowest BCUT2D eigenvalue weighted by atomic mass is 10.2. The molecule has 2 aromatic heterocycles. The van der Waals surface area contributed by atoms with E-state index in [9.17, 15) is 0 Å². The first-order chi connectivity index (χ1) is 10.3. The fourth-order valence-corrected chi connectivity index (χ4v) is 2.63. The van der Waals surface area contributed by atoms with Crippen LogP contribution < -0.4 is 5.73 Å². The Bertz CT molecular complexity index is 752. The van der Waals surface area contributed by atoms with Crippen molar-refractivity contribution in [2.24, 2.45) is 0 Å². The van der Waals surface area contributed by atoms with Crippen LogP contribution in [-0.2, 0) is 6.54 Å². The second-order valence-corrected chi connectivity index (χ2v) is 5.51. The fourth-order valence-electron chi connectivity index (χ4n) is 2.63. The highest BCUT2D eigenvalue weighted by molar-refractivity contribution is 5.67. The predicted molar refractivity (Wildman–Crippen MR) is 81.7 cm³/mol. The smallest absolute Gasteiger partial charge is 0.133 e. The molecule has 21 heavy (non-hydrogen) atoms. The zero-order chi connectivity index (χ0) is 14.2. The third kappa shape index (κ3) is 2.20. The summed E-state index contributed by atoms with van der Waals surface area (Å²) in [7, 11) is 0. The average Bonchev–Trinajstić information content (AvgIpc) is 3.14. The van der Waals surface area contributed by atoms with Gasteiger partial charge in [0.15, 0.2) is 0 Å². The second-order valence-electron chi connectivity index (χ2n) is 5.51. The second kappa shape index (κ2) is 4.77. The number of imidazole rings is 2. The topological polar surface area (TPSA) is 61.7 Å². The maximum Gasteiger partial charge on any atom is 0.133 e. The molecule has 4 rings (SSSR count). The molecule has 1 aliphatic rings. The van der Waals surface area contributed by atoms with Gasteiger partial charge >= 0.3 is 0 Å². The molecule has 1 fully saturated rings. The Labute approximate surface area is 123 Å². The van der Waals surface area contributed by atoms with Crippen LogP contribution in [0.4, 0.5) is 5.82 Å². The van der Waals surface area contributed by atoms with E-state index in [-0.39, 0.29) is 0 Å². The zero-order valence-corrected chi connectivity index (χ0v) is 11.7. The number of hydrogen-bond donors (Lipinski definition) is 1. The summed E-state index contributed by atoms with van der Waals surface area (Å²) in [6, 6.07) is 10.8. The number of nitrogen functional groups attached to an aromatic ring is 1. The molecule has 3 aromatic rings. The van der Waals surface area contributed by atoms with Crippen molar-refractivity contribution in [3.63, 3.8) is 0 Å². The van der Waals surface area contributed by atoms with E-state index in [1.807, 2.05) is 41.6 Å². The van der Waals surface area contributed by atoms with Crippen LogP contribution in [0.2, 0.25) is 0 Å². The van der Waals surface area contributed by atoms with Gasteiger partial charge in [0.2, 0.25) is 0 Å². The Balaban J connectivity index is 1.67. The van der Waals surface area contributed by atoms with Crippen molar-refractivity contribution < 1.29 is 0 Å². The summed E-state index contributed by atoms with van der Waals surface area (Å²) in [6.07, 6.45) is 7.97. The minimum Gasteiger partial charge on any atom is -0.383 e. The fraction of sp³-hybridized carbons (Fsp3) is 0.250. The van der Waals surface area contributed by atoms with Gasteiger partial charge in [-0.15, -0.1) is 0 Å². The SMILES string of the molecule is Nc1c(-c2cncn2C2CC2)ncn1Cc1ccccc1. The van der Waals surface area contributed by atoms with Gasteiger partial charge in [0, 0.05) is 6.04 Å². The van der Waals surface area contributed by atoms with E-state index in [2.05, 4.69) is 26.7 Å². The van der Waals surface area contributed by atoms with Crippen molar-refractivity contribution >= 4 is 5.82 Å². The normalized spacial score (nSPS) is 14.5. The maximum absolute atomic E-state index is 6.29. The van der Waals surface area contributed by atoms with Gasteiger partial charge in [-0.05, 0) is 18.4 Å². The van der Waals surface area contributed by atoms with Crippen molar-refractivity contribution in [2.45, 2.75) is 25.4 Å². The number of aromatic nitrogens is 4. The molecule has 2 N–H and O–H groups in total. The summed E-state index contributed by atoms with van der Waals surface area (Å²) in [4.78, 5) is 8.75. The number of benzene rings is 1. The molecule has 0 saturated heterocycles. The standard InChI is InChI=1S/C16H17N5/c17-16-15(14-8-18-10-21(14)13-6-7-13)19-11-20(16)9-12-4-2-1-3-5-12/h1-5,8,10-11,13H,6-7,9,17H2. The summed E-state index contributed by atoms with van der Waals surface area (Å²) >= 11 is 0. The molecule has 0 spiro atoms. The maximum atomic E-state index is 6.29. The van der Waals surface area contributed by atoms with Crippen LogP contribution in [0, 0.1) is 0 Å². The predicted octanol–water partition coefficient (Wildman–Crippen LogP) is 2.71. The van der Waals surface area contributed by atoms with E-state index >= 15 is 0 Å². The lowest BCUT2D eigenvalue weighted by Crippen LogP contribution is -2.04. The van der Waals surface area contributed by atoms with Crippen molar-refractivity contribution in [2.75, 3.05) is 5.73 Å². The highest BCUT2D eigenvalue weighted by Gasteiger charge is 2.27. The summed E-state index contributed by atoms with van der Waals surface area (Å²) < 4.78 is 4.17. The summed E-state index contributed by atoms with van der Waals surface area (Å²) in [5.41, 5.74) is 9.35. The number of nitrogens with two attached hydrogens (primary N) is 1. The van der Waals surface area contributed by atoms with Crippen LogP contribution in [0.1, 0.15) is 24.4 Å². The van der Waals surface area contributed by atoms with Gasteiger partial charge in [0.25, 0.3) is 0 Å². The van der Waals surface area contributed by atoms with Crippen LogP contribution in [0.5, 0.6) is 0 Å². The molecule has 0 radical (unpaired) electrons. The van der Waals surface area contributed by atoms with E-state index < -0.39 is 0 Å². The molecule has 1 saturated carbocycles. The van der Waals surface area contributed by atoms with Gasteiger partial charge < -0.3 is 14.9 Å². The number of nitrogens with zero attached hydrogens (tertiary/aromatic N) is 4. The molecule has 0 bridgehead atoms. The number of hydrogen-bond acceptors (Lipinski definition) is 3.